The largest absolute Gasteiger partial charge is 0.379 e. The van der Waals surface area contributed by atoms with Crippen molar-refractivity contribution in [1.29, 1.82) is 0 Å². The summed E-state index contributed by atoms with van der Waals surface area (Å²) in [6.07, 6.45) is 0. The van der Waals surface area contributed by atoms with E-state index >= 15 is 0 Å². The molecule has 0 aromatic heterocycles. The van der Waals surface area contributed by atoms with Gasteiger partial charge in [-0.3, -0.25) is 10.4 Å². The van der Waals surface area contributed by atoms with Crippen molar-refractivity contribution < 1.29 is 4.74 Å². The lowest BCUT2D eigenvalue weighted by Gasteiger charge is -2.35. The van der Waals surface area contributed by atoms with Crippen LogP contribution in [0, 0.1) is 0 Å². The molecule has 0 aromatic rings. The second-order valence-corrected chi connectivity index (χ2v) is 8.16. The van der Waals surface area contributed by atoms with Gasteiger partial charge in [0.15, 0.2) is 0 Å². The van der Waals surface area contributed by atoms with E-state index in [9.17, 15) is 0 Å². The second kappa shape index (κ2) is 7.19. The Bertz CT molecular complexity index is 346. The summed E-state index contributed by atoms with van der Waals surface area (Å²) in [6.45, 7) is 8.53. The highest BCUT2D eigenvalue weighted by Gasteiger charge is 2.27. The molecule has 0 amide bonds. The molecule has 18 heavy (non-hydrogen) atoms. The van der Waals surface area contributed by atoms with E-state index in [1.807, 2.05) is 27.7 Å². The molecule has 6 nitrogen and oxygen atoms in total. The van der Waals surface area contributed by atoms with Crippen LogP contribution in [-0.2, 0) is 16.5 Å². The molecule has 8 heteroatoms. The second-order valence-electron chi connectivity index (χ2n) is 4.46. The van der Waals surface area contributed by atoms with Crippen molar-refractivity contribution in [3.05, 3.63) is 0 Å². The third-order valence-electron chi connectivity index (χ3n) is 2.20. The van der Waals surface area contributed by atoms with Gasteiger partial charge in [0.25, 0.3) is 0 Å². The molecule has 1 rings (SSSR count). The van der Waals surface area contributed by atoms with Crippen LogP contribution in [0.4, 0.5) is 0 Å². The predicted octanol–water partition coefficient (Wildman–Crippen LogP) is 1.51. The van der Waals surface area contributed by atoms with Crippen LogP contribution in [0.3, 0.4) is 0 Å². The van der Waals surface area contributed by atoms with Crippen LogP contribution in [0.2, 0.25) is 0 Å². The quantitative estimate of drug-likeness (QED) is 0.457. The zero-order chi connectivity index (χ0) is 13.6. The van der Waals surface area contributed by atoms with Gasteiger partial charge >= 0.3 is 0 Å². The summed E-state index contributed by atoms with van der Waals surface area (Å²) in [6, 6.07) is 0. The van der Waals surface area contributed by atoms with Gasteiger partial charge in [-0.15, -0.1) is 0 Å². The number of hydrogen-bond acceptors (Lipinski definition) is 4. The molecular formula is C10H22N5OPS. The van der Waals surface area contributed by atoms with Gasteiger partial charge in [0.05, 0.1) is 13.2 Å². The molecular weight excluding hydrogens is 269 g/mol. The number of nitrogens with one attached hydrogen (secondary N) is 2. The van der Waals surface area contributed by atoms with Crippen LogP contribution in [0.1, 0.15) is 27.7 Å². The first kappa shape index (κ1) is 15.6. The maximum atomic E-state index is 5.70. The third kappa shape index (κ3) is 5.02. The molecule has 0 bridgehead atoms. The van der Waals surface area contributed by atoms with Gasteiger partial charge < -0.3 is 4.74 Å². The summed E-state index contributed by atoms with van der Waals surface area (Å²) >= 11 is 5.70. The summed E-state index contributed by atoms with van der Waals surface area (Å²) in [5.74, 6) is 0. The van der Waals surface area contributed by atoms with Crippen LogP contribution in [0.15, 0.2) is 10.2 Å². The average Bonchev–Trinajstić information content (AvgIpc) is 2.35. The molecule has 1 aliphatic heterocycles. The molecule has 0 spiro atoms. The van der Waals surface area contributed by atoms with E-state index in [1.165, 1.54) is 0 Å². The van der Waals surface area contributed by atoms with E-state index in [-0.39, 0.29) is 0 Å². The van der Waals surface area contributed by atoms with Crippen molar-refractivity contribution in [3.63, 3.8) is 0 Å². The molecule has 0 saturated carbocycles. The molecule has 1 heterocycles. The summed E-state index contributed by atoms with van der Waals surface area (Å²) in [4.78, 5) is 0. The van der Waals surface area contributed by atoms with E-state index in [0.29, 0.717) is 13.2 Å². The Morgan fingerprint density at radius 1 is 1.06 bits per heavy atom. The van der Waals surface area contributed by atoms with Crippen LogP contribution in [-0.4, -0.2) is 42.4 Å². The Balaban J connectivity index is 2.81. The number of hydrazone groups is 2. The van der Waals surface area contributed by atoms with Gasteiger partial charge in [-0.1, -0.05) is 0 Å². The van der Waals surface area contributed by atoms with Crippen molar-refractivity contribution in [1.82, 2.24) is 15.1 Å². The molecule has 0 aliphatic carbocycles. The standard InChI is InChI=1S/C10H22N5OPS/c1-9(2)11-13-17(18,14-12-10(3)4)15-5-7-16-8-6-15/h5-8H2,1-4H3,(H2,13,14,18). The van der Waals surface area contributed by atoms with E-state index in [4.69, 9.17) is 16.5 Å². The van der Waals surface area contributed by atoms with Crippen LogP contribution >= 0.6 is 6.49 Å². The molecule has 0 radical (unpaired) electrons. The molecule has 1 saturated heterocycles. The highest BCUT2D eigenvalue weighted by molar-refractivity contribution is 8.11. The van der Waals surface area contributed by atoms with Crippen molar-refractivity contribution in [2.24, 2.45) is 10.2 Å². The van der Waals surface area contributed by atoms with E-state index < -0.39 is 6.49 Å². The lowest BCUT2D eigenvalue weighted by atomic mass is 10.5. The Morgan fingerprint density at radius 3 is 1.89 bits per heavy atom. The number of nitrogens with zero attached hydrogens (tertiary/aromatic N) is 3. The molecule has 1 aliphatic rings. The first-order chi connectivity index (χ1) is 8.44. The summed E-state index contributed by atoms with van der Waals surface area (Å²) in [5.41, 5.74) is 1.88. The lowest BCUT2D eigenvalue weighted by Crippen LogP contribution is -2.40. The first-order valence-electron chi connectivity index (χ1n) is 5.93. The van der Waals surface area contributed by atoms with Crippen molar-refractivity contribution in [2.45, 2.75) is 27.7 Å². The number of morpholine rings is 1. The Morgan fingerprint density at radius 2 is 1.50 bits per heavy atom. The highest BCUT2D eigenvalue weighted by atomic mass is 32.4. The summed E-state index contributed by atoms with van der Waals surface area (Å²) in [7, 11) is 0. The molecule has 1 fully saturated rings. The zero-order valence-corrected chi connectivity index (χ0v) is 13.1. The topological polar surface area (TPSA) is 61.2 Å². The highest BCUT2D eigenvalue weighted by Crippen LogP contribution is 2.41. The molecule has 2 N–H and O–H groups in total. The average molecular weight is 291 g/mol. The lowest BCUT2D eigenvalue weighted by molar-refractivity contribution is 0.0736. The SMILES string of the molecule is CC(C)=NNP(=S)(NN=C(C)C)N1CCOCC1. The minimum atomic E-state index is -2.19. The third-order valence-corrected chi connectivity index (χ3v) is 5.33. The Labute approximate surface area is 114 Å². The maximum absolute atomic E-state index is 5.70. The van der Waals surface area contributed by atoms with Gasteiger partial charge in [0.1, 0.15) is 0 Å². The van der Waals surface area contributed by atoms with Crippen LogP contribution < -0.4 is 10.4 Å². The van der Waals surface area contributed by atoms with Crippen LogP contribution in [0.5, 0.6) is 0 Å². The minimum Gasteiger partial charge on any atom is -0.379 e. The van der Waals surface area contributed by atoms with Crippen molar-refractivity contribution in [2.75, 3.05) is 26.3 Å². The monoisotopic (exact) mass is 291 g/mol. The van der Waals surface area contributed by atoms with Gasteiger partial charge in [-0.25, -0.2) is 4.67 Å². The minimum absolute atomic E-state index is 0.700. The fourth-order valence-electron chi connectivity index (χ4n) is 1.32. The Kier molecular flexibility index (Phi) is 6.21. The number of rotatable bonds is 5. The summed E-state index contributed by atoms with van der Waals surface area (Å²) < 4.78 is 7.52. The maximum Gasteiger partial charge on any atom is 0.220 e. The molecule has 0 unspecified atom stereocenters. The summed E-state index contributed by atoms with van der Waals surface area (Å²) in [5, 5.41) is 14.7. The fourth-order valence-corrected chi connectivity index (χ4v) is 3.75. The number of hydrogen-bond donors (Lipinski definition) is 2. The van der Waals surface area contributed by atoms with Gasteiger partial charge in [0, 0.05) is 24.5 Å². The van der Waals surface area contributed by atoms with Crippen LogP contribution in [0.25, 0.3) is 0 Å². The molecule has 0 aromatic carbocycles. The molecule has 104 valence electrons. The first-order valence-corrected chi connectivity index (χ1v) is 8.69. The smallest absolute Gasteiger partial charge is 0.220 e. The number of ether oxygens (including phenoxy) is 1. The Hall–Kier alpha value is -0.490. The van der Waals surface area contributed by atoms with Gasteiger partial charge in [0.2, 0.25) is 6.49 Å². The predicted molar refractivity (Wildman–Crippen MR) is 80.5 cm³/mol. The van der Waals surface area contributed by atoms with E-state index in [0.717, 1.165) is 24.5 Å². The van der Waals surface area contributed by atoms with E-state index in [1.54, 1.807) is 0 Å². The van der Waals surface area contributed by atoms with Gasteiger partial charge in [-0.2, -0.15) is 10.2 Å². The van der Waals surface area contributed by atoms with Crippen molar-refractivity contribution in [3.8, 4) is 0 Å². The van der Waals surface area contributed by atoms with Gasteiger partial charge in [-0.05, 0) is 39.5 Å². The van der Waals surface area contributed by atoms with E-state index in [2.05, 4.69) is 25.3 Å². The fraction of sp³-hybridized carbons (Fsp3) is 0.800. The molecule has 0 atom stereocenters. The normalized spacial score (nSPS) is 16.9. The van der Waals surface area contributed by atoms with Crippen molar-refractivity contribution >= 4 is 29.7 Å². The zero-order valence-electron chi connectivity index (χ0n) is 11.4.